The molecule has 3 nitrogen and oxygen atoms in total. The second kappa shape index (κ2) is 5.44. The highest BCUT2D eigenvalue weighted by atomic mass is 127. The number of rotatable bonds is 2. The molecule has 0 saturated carbocycles. The number of benzene rings is 2. The number of aromatic carboxylic acids is 1. The Labute approximate surface area is 124 Å². The lowest BCUT2D eigenvalue weighted by Crippen LogP contribution is -2.29. The third-order valence-electron chi connectivity index (χ3n) is 2.80. The van der Waals surface area contributed by atoms with Gasteiger partial charge in [-0.2, -0.15) is 0 Å². The maximum atomic E-state index is 11.1. The molecule has 2 rings (SSSR count). The molecule has 96 valence electrons. The lowest BCUT2D eigenvalue weighted by Gasteiger charge is -2.02. The van der Waals surface area contributed by atoms with E-state index in [1.165, 1.54) is 0 Å². The molecule has 0 spiro atoms. The molecular formula is C15H12INO2. The zero-order valence-corrected chi connectivity index (χ0v) is 12.2. The van der Waals surface area contributed by atoms with Gasteiger partial charge >= 0.3 is 5.97 Å². The molecule has 0 bridgehead atoms. The first-order valence-electron chi connectivity index (χ1n) is 5.57. The Bertz CT molecular complexity index is 753. The summed E-state index contributed by atoms with van der Waals surface area (Å²) in [5.41, 5.74) is 7.66. The molecule has 0 saturated heterocycles. The first kappa shape index (κ1) is 13.6. The van der Waals surface area contributed by atoms with Gasteiger partial charge < -0.3 is 10.8 Å². The minimum atomic E-state index is -0.976. The molecule has 0 aliphatic carbocycles. The minimum Gasteiger partial charge on any atom is -0.478 e. The SMILES string of the molecule is C=c1c(C(=O)O)ccc/c1=C/c1ccc(I)cc1N. The monoisotopic (exact) mass is 365 g/mol. The van der Waals surface area contributed by atoms with Crippen molar-refractivity contribution in [3.8, 4) is 0 Å². The van der Waals surface area contributed by atoms with Crippen LogP contribution >= 0.6 is 22.6 Å². The van der Waals surface area contributed by atoms with Crippen molar-refractivity contribution in [3.63, 3.8) is 0 Å². The molecule has 4 heteroatoms. The Morgan fingerprint density at radius 2 is 2.05 bits per heavy atom. The van der Waals surface area contributed by atoms with Crippen molar-refractivity contribution >= 4 is 46.9 Å². The van der Waals surface area contributed by atoms with Crippen LogP contribution in [-0.4, -0.2) is 11.1 Å². The van der Waals surface area contributed by atoms with Crippen LogP contribution in [0.15, 0.2) is 36.4 Å². The van der Waals surface area contributed by atoms with Crippen LogP contribution in [-0.2, 0) is 0 Å². The predicted molar refractivity (Wildman–Crippen MR) is 85.3 cm³/mol. The van der Waals surface area contributed by atoms with Gasteiger partial charge in [-0.25, -0.2) is 4.79 Å². The van der Waals surface area contributed by atoms with E-state index < -0.39 is 5.97 Å². The maximum Gasteiger partial charge on any atom is 0.336 e. The van der Waals surface area contributed by atoms with E-state index in [1.54, 1.807) is 12.1 Å². The molecule has 0 radical (unpaired) electrons. The first-order chi connectivity index (χ1) is 8.99. The molecule has 2 aromatic rings. The van der Waals surface area contributed by atoms with Crippen LogP contribution < -0.4 is 16.2 Å². The first-order valence-corrected chi connectivity index (χ1v) is 6.65. The summed E-state index contributed by atoms with van der Waals surface area (Å²) in [5, 5.41) is 10.3. The summed E-state index contributed by atoms with van der Waals surface area (Å²) in [6, 6.07) is 10.8. The van der Waals surface area contributed by atoms with Gasteiger partial charge in [0.15, 0.2) is 0 Å². The van der Waals surface area contributed by atoms with Crippen LogP contribution in [0.4, 0.5) is 5.69 Å². The number of carbonyl (C=O) groups is 1. The highest BCUT2D eigenvalue weighted by Gasteiger charge is 2.03. The van der Waals surface area contributed by atoms with Crippen LogP contribution in [0.3, 0.4) is 0 Å². The van der Waals surface area contributed by atoms with Gasteiger partial charge in [0.2, 0.25) is 0 Å². The third kappa shape index (κ3) is 2.96. The molecular weight excluding hydrogens is 353 g/mol. The molecule has 0 atom stereocenters. The van der Waals surface area contributed by atoms with E-state index in [-0.39, 0.29) is 5.56 Å². The second-order valence-electron chi connectivity index (χ2n) is 4.10. The van der Waals surface area contributed by atoms with Crippen LogP contribution in [0.2, 0.25) is 0 Å². The van der Waals surface area contributed by atoms with Crippen molar-refractivity contribution in [1.29, 1.82) is 0 Å². The second-order valence-corrected chi connectivity index (χ2v) is 5.34. The smallest absolute Gasteiger partial charge is 0.336 e. The van der Waals surface area contributed by atoms with E-state index >= 15 is 0 Å². The number of anilines is 1. The van der Waals surface area contributed by atoms with Crippen molar-refractivity contribution in [1.82, 2.24) is 0 Å². The van der Waals surface area contributed by atoms with Gasteiger partial charge in [-0.05, 0) is 62.9 Å². The van der Waals surface area contributed by atoms with Gasteiger partial charge in [0.05, 0.1) is 5.56 Å². The summed E-state index contributed by atoms with van der Waals surface area (Å²) in [7, 11) is 0. The molecule has 0 aliphatic heterocycles. The van der Waals surface area contributed by atoms with E-state index in [9.17, 15) is 4.79 Å². The lowest BCUT2D eigenvalue weighted by atomic mass is 10.1. The summed E-state index contributed by atoms with van der Waals surface area (Å²) in [5.74, 6) is -0.976. The normalized spacial score (nSPS) is 11.5. The van der Waals surface area contributed by atoms with Crippen LogP contribution in [0.5, 0.6) is 0 Å². The molecule has 19 heavy (non-hydrogen) atoms. The van der Waals surface area contributed by atoms with Gasteiger partial charge in [0.1, 0.15) is 0 Å². The third-order valence-corrected chi connectivity index (χ3v) is 3.47. The number of carboxylic acid groups (broad SMARTS) is 1. The van der Waals surface area contributed by atoms with Gasteiger partial charge in [-0.1, -0.05) is 24.8 Å². The molecule has 0 heterocycles. The summed E-state index contributed by atoms with van der Waals surface area (Å²) in [6.07, 6.45) is 1.85. The lowest BCUT2D eigenvalue weighted by molar-refractivity contribution is 0.0695. The maximum absolute atomic E-state index is 11.1. The van der Waals surface area contributed by atoms with Crippen molar-refractivity contribution in [2.75, 3.05) is 5.73 Å². The van der Waals surface area contributed by atoms with E-state index in [1.807, 2.05) is 30.3 Å². The molecule has 0 fully saturated rings. The van der Waals surface area contributed by atoms with E-state index in [0.717, 1.165) is 14.4 Å². The van der Waals surface area contributed by atoms with Crippen molar-refractivity contribution in [3.05, 3.63) is 61.5 Å². The molecule has 2 aromatic carbocycles. The molecule has 0 unspecified atom stereocenters. The topological polar surface area (TPSA) is 63.3 Å². The molecule has 0 aliphatic rings. The quantitative estimate of drug-likeness (QED) is 0.630. The number of hydrogen-bond acceptors (Lipinski definition) is 2. The standard InChI is InChI=1S/C15H12INO2/c1-9-10(3-2-4-13(9)15(18)19)7-11-5-6-12(16)8-14(11)17/h2-8H,1,17H2,(H,18,19)/b10-7-. The summed E-state index contributed by atoms with van der Waals surface area (Å²) in [6.45, 7) is 3.83. The van der Waals surface area contributed by atoms with Crippen molar-refractivity contribution in [2.45, 2.75) is 0 Å². The van der Waals surface area contributed by atoms with E-state index in [2.05, 4.69) is 29.2 Å². The van der Waals surface area contributed by atoms with E-state index in [0.29, 0.717) is 10.9 Å². The van der Waals surface area contributed by atoms with Crippen molar-refractivity contribution in [2.24, 2.45) is 0 Å². The number of hydrogen-bond donors (Lipinski definition) is 2. The van der Waals surface area contributed by atoms with Crippen LogP contribution in [0.1, 0.15) is 15.9 Å². The van der Waals surface area contributed by atoms with Gasteiger partial charge in [-0.3, -0.25) is 0 Å². The number of halogens is 1. The fraction of sp³-hybridized carbons (Fsp3) is 0. The van der Waals surface area contributed by atoms with Crippen molar-refractivity contribution < 1.29 is 9.90 Å². The van der Waals surface area contributed by atoms with Gasteiger partial charge in [-0.15, -0.1) is 0 Å². The predicted octanol–water partition coefficient (Wildman–Crippen LogP) is 1.81. The fourth-order valence-corrected chi connectivity index (χ4v) is 2.30. The Kier molecular flexibility index (Phi) is 3.90. The van der Waals surface area contributed by atoms with Crippen LogP contribution in [0, 0.1) is 3.57 Å². The van der Waals surface area contributed by atoms with Gasteiger partial charge in [0.25, 0.3) is 0 Å². The Morgan fingerprint density at radius 1 is 1.32 bits per heavy atom. The van der Waals surface area contributed by atoms with Gasteiger partial charge in [0, 0.05) is 9.26 Å². The molecule has 3 N–H and O–H groups in total. The Morgan fingerprint density at radius 3 is 2.68 bits per heavy atom. The Hall–Kier alpha value is -1.82. The highest BCUT2D eigenvalue weighted by molar-refractivity contribution is 14.1. The summed E-state index contributed by atoms with van der Waals surface area (Å²) >= 11 is 2.19. The summed E-state index contributed by atoms with van der Waals surface area (Å²) < 4.78 is 1.06. The van der Waals surface area contributed by atoms with E-state index in [4.69, 9.17) is 10.8 Å². The Balaban J connectivity index is 2.65. The zero-order valence-electron chi connectivity index (χ0n) is 10.1. The highest BCUT2D eigenvalue weighted by Crippen LogP contribution is 2.16. The number of nitrogen functional groups attached to an aromatic ring is 1. The summed E-state index contributed by atoms with van der Waals surface area (Å²) in [4.78, 5) is 11.1. The average Bonchev–Trinajstić information content (AvgIpc) is 2.34. The number of carboxylic acids is 1. The van der Waals surface area contributed by atoms with Crippen LogP contribution in [0.25, 0.3) is 12.7 Å². The average molecular weight is 365 g/mol. The zero-order chi connectivity index (χ0) is 14.0. The largest absolute Gasteiger partial charge is 0.478 e. The fourth-order valence-electron chi connectivity index (χ4n) is 1.78. The minimum absolute atomic E-state index is 0.206. The molecule has 0 aromatic heterocycles. The number of nitrogens with two attached hydrogens (primary N) is 1. The molecule has 0 amide bonds.